The predicted octanol–water partition coefficient (Wildman–Crippen LogP) is 2.28. The quantitative estimate of drug-likeness (QED) is 0.890. The van der Waals surface area contributed by atoms with Crippen molar-refractivity contribution in [2.75, 3.05) is 26.2 Å². The van der Waals surface area contributed by atoms with E-state index < -0.39 is 0 Å². The number of aromatic nitrogens is 1. The SMILES string of the molecule is Cc1c(CN2CCCNCC2)n(C)c2ccccc12. The lowest BCUT2D eigenvalue weighted by Crippen LogP contribution is -2.28. The van der Waals surface area contributed by atoms with Gasteiger partial charge in [-0.1, -0.05) is 18.2 Å². The van der Waals surface area contributed by atoms with Gasteiger partial charge in [0.15, 0.2) is 0 Å². The van der Waals surface area contributed by atoms with E-state index in [0.717, 1.165) is 26.2 Å². The standard InChI is InChI=1S/C16H23N3/c1-13-14-6-3-4-7-15(14)18(2)16(13)12-19-10-5-8-17-9-11-19/h3-4,6-7,17H,5,8-12H2,1-2H3. The number of fused-ring (bicyclic) bond motifs is 1. The lowest BCUT2D eigenvalue weighted by Gasteiger charge is -2.20. The molecule has 1 aliphatic rings. The van der Waals surface area contributed by atoms with Crippen molar-refractivity contribution in [3.05, 3.63) is 35.5 Å². The topological polar surface area (TPSA) is 20.2 Å². The molecule has 1 N–H and O–H groups in total. The Hall–Kier alpha value is -1.32. The molecule has 19 heavy (non-hydrogen) atoms. The van der Waals surface area contributed by atoms with Crippen LogP contribution >= 0.6 is 0 Å². The Bertz CT molecular complexity index is 524. The molecule has 1 aromatic heterocycles. The van der Waals surface area contributed by atoms with Crippen LogP contribution in [0.2, 0.25) is 0 Å². The van der Waals surface area contributed by atoms with Crippen LogP contribution in [0.25, 0.3) is 10.9 Å². The van der Waals surface area contributed by atoms with Crippen molar-refractivity contribution in [3.8, 4) is 0 Å². The number of hydrogen-bond donors (Lipinski definition) is 1. The van der Waals surface area contributed by atoms with E-state index in [1.54, 1.807) is 0 Å². The first-order valence-electron chi connectivity index (χ1n) is 7.23. The summed E-state index contributed by atoms with van der Waals surface area (Å²) in [6.45, 7) is 7.95. The van der Waals surface area contributed by atoms with Gasteiger partial charge >= 0.3 is 0 Å². The average molecular weight is 257 g/mol. The van der Waals surface area contributed by atoms with Crippen LogP contribution in [-0.2, 0) is 13.6 Å². The second kappa shape index (κ2) is 5.35. The van der Waals surface area contributed by atoms with Gasteiger partial charge < -0.3 is 9.88 Å². The maximum atomic E-state index is 3.47. The molecular weight excluding hydrogens is 234 g/mol. The van der Waals surface area contributed by atoms with Gasteiger partial charge in [0.05, 0.1) is 0 Å². The second-order valence-electron chi connectivity index (χ2n) is 5.53. The van der Waals surface area contributed by atoms with Crippen molar-refractivity contribution < 1.29 is 0 Å². The fourth-order valence-corrected chi connectivity index (χ4v) is 3.13. The minimum Gasteiger partial charge on any atom is -0.346 e. The van der Waals surface area contributed by atoms with Gasteiger partial charge in [-0.05, 0) is 38.1 Å². The van der Waals surface area contributed by atoms with Crippen LogP contribution in [0.3, 0.4) is 0 Å². The summed E-state index contributed by atoms with van der Waals surface area (Å²) < 4.78 is 2.36. The summed E-state index contributed by atoms with van der Waals surface area (Å²) in [4.78, 5) is 2.57. The number of nitrogens with one attached hydrogen (secondary N) is 1. The summed E-state index contributed by atoms with van der Waals surface area (Å²) >= 11 is 0. The maximum Gasteiger partial charge on any atom is 0.0483 e. The van der Waals surface area contributed by atoms with Crippen LogP contribution in [0.4, 0.5) is 0 Å². The Balaban J connectivity index is 1.91. The van der Waals surface area contributed by atoms with E-state index in [2.05, 4.69) is 53.0 Å². The minimum absolute atomic E-state index is 1.07. The van der Waals surface area contributed by atoms with E-state index in [0.29, 0.717) is 0 Å². The number of nitrogens with zero attached hydrogens (tertiary/aromatic N) is 2. The number of rotatable bonds is 2. The van der Waals surface area contributed by atoms with Crippen molar-refractivity contribution in [3.63, 3.8) is 0 Å². The fraction of sp³-hybridized carbons (Fsp3) is 0.500. The van der Waals surface area contributed by atoms with Crippen molar-refractivity contribution >= 4 is 10.9 Å². The molecule has 2 heterocycles. The van der Waals surface area contributed by atoms with Gasteiger partial charge in [0.2, 0.25) is 0 Å². The van der Waals surface area contributed by atoms with Crippen LogP contribution < -0.4 is 5.32 Å². The Kier molecular flexibility index (Phi) is 3.58. The van der Waals surface area contributed by atoms with E-state index in [1.165, 1.54) is 35.1 Å². The number of aryl methyl sites for hydroxylation is 2. The molecule has 3 heteroatoms. The molecule has 0 atom stereocenters. The molecular formula is C16H23N3. The van der Waals surface area contributed by atoms with Crippen molar-refractivity contribution in [2.24, 2.45) is 7.05 Å². The highest BCUT2D eigenvalue weighted by molar-refractivity contribution is 5.85. The molecule has 3 rings (SSSR count). The zero-order valence-electron chi connectivity index (χ0n) is 11.9. The zero-order valence-corrected chi connectivity index (χ0v) is 11.9. The highest BCUT2D eigenvalue weighted by Gasteiger charge is 2.15. The lowest BCUT2D eigenvalue weighted by molar-refractivity contribution is 0.278. The summed E-state index contributed by atoms with van der Waals surface area (Å²) in [5, 5.41) is 4.87. The summed E-state index contributed by atoms with van der Waals surface area (Å²) in [5.74, 6) is 0. The Morgan fingerprint density at radius 3 is 2.84 bits per heavy atom. The molecule has 2 aromatic rings. The Labute approximate surface area is 115 Å². The number of para-hydroxylation sites is 1. The van der Waals surface area contributed by atoms with Gasteiger partial charge in [0.25, 0.3) is 0 Å². The van der Waals surface area contributed by atoms with Crippen LogP contribution in [0, 0.1) is 6.92 Å². The molecule has 0 amide bonds. The number of benzene rings is 1. The van der Waals surface area contributed by atoms with Crippen molar-refractivity contribution in [2.45, 2.75) is 19.9 Å². The Morgan fingerprint density at radius 1 is 1.16 bits per heavy atom. The van der Waals surface area contributed by atoms with E-state index >= 15 is 0 Å². The van der Waals surface area contributed by atoms with Gasteiger partial charge in [-0.15, -0.1) is 0 Å². The third-order valence-electron chi connectivity index (χ3n) is 4.31. The smallest absolute Gasteiger partial charge is 0.0483 e. The summed E-state index contributed by atoms with van der Waals surface area (Å²) in [6.07, 6.45) is 1.25. The third-order valence-corrected chi connectivity index (χ3v) is 4.31. The molecule has 0 unspecified atom stereocenters. The van der Waals surface area contributed by atoms with E-state index in [4.69, 9.17) is 0 Å². The lowest BCUT2D eigenvalue weighted by atomic mass is 10.1. The largest absolute Gasteiger partial charge is 0.346 e. The summed E-state index contributed by atoms with van der Waals surface area (Å²) in [7, 11) is 2.20. The van der Waals surface area contributed by atoms with Crippen molar-refractivity contribution in [1.82, 2.24) is 14.8 Å². The molecule has 0 saturated carbocycles. The molecule has 1 aliphatic heterocycles. The molecule has 1 saturated heterocycles. The van der Waals surface area contributed by atoms with Crippen LogP contribution in [0.1, 0.15) is 17.7 Å². The highest BCUT2D eigenvalue weighted by atomic mass is 15.2. The molecule has 0 spiro atoms. The van der Waals surface area contributed by atoms with Crippen molar-refractivity contribution in [1.29, 1.82) is 0 Å². The van der Waals surface area contributed by atoms with Crippen LogP contribution in [0.5, 0.6) is 0 Å². The van der Waals surface area contributed by atoms with Gasteiger partial charge in [-0.2, -0.15) is 0 Å². The molecule has 3 nitrogen and oxygen atoms in total. The first kappa shape index (κ1) is 12.7. The molecule has 1 aromatic carbocycles. The van der Waals surface area contributed by atoms with Gasteiger partial charge in [0, 0.05) is 43.3 Å². The number of hydrogen-bond acceptors (Lipinski definition) is 2. The summed E-state index contributed by atoms with van der Waals surface area (Å²) in [6, 6.07) is 8.71. The van der Waals surface area contributed by atoms with Gasteiger partial charge in [0.1, 0.15) is 0 Å². The second-order valence-corrected chi connectivity index (χ2v) is 5.53. The van der Waals surface area contributed by atoms with Gasteiger partial charge in [-0.3, -0.25) is 4.90 Å². The Morgan fingerprint density at radius 2 is 2.00 bits per heavy atom. The first-order chi connectivity index (χ1) is 9.27. The monoisotopic (exact) mass is 257 g/mol. The van der Waals surface area contributed by atoms with Crippen LogP contribution in [0.15, 0.2) is 24.3 Å². The highest BCUT2D eigenvalue weighted by Crippen LogP contribution is 2.25. The predicted molar refractivity (Wildman–Crippen MR) is 80.4 cm³/mol. The first-order valence-corrected chi connectivity index (χ1v) is 7.23. The molecule has 0 bridgehead atoms. The average Bonchev–Trinajstić information content (AvgIpc) is 2.65. The van der Waals surface area contributed by atoms with E-state index in [1.807, 2.05) is 0 Å². The summed E-state index contributed by atoms with van der Waals surface area (Å²) in [5.41, 5.74) is 4.25. The third kappa shape index (κ3) is 2.40. The fourth-order valence-electron chi connectivity index (χ4n) is 3.13. The van der Waals surface area contributed by atoms with Crippen LogP contribution in [-0.4, -0.2) is 35.6 Å². The molecule has 1 fully saturated rings. The van der Waals surface area contributed by atoms with E-state index in [-0.39, 0.29) is 0 Å². The molecule has 102 valence electrons. The minimum atomic E-state index is 1.07. The van der Waals surface area contributed by atoms with E-state index in [9.17, 15) is 0 Å². The normalized spacial score (nSPS) is 17.8. The van der Waals surface area contributed by atoms with Gasteiger partial charge in [-0.25, -0.2) is 0 Å². The maximum absolute atomic E-state index is 3.47. The zero-order chi connectivity index (χ0) is 13.2. The molecule has 0 aliphatic carbocycles. The molecule has 0 radical (unpaired) electrons.